The zero-order valence-electron chi connectivity index (χ0n) is 12.7. The maximum absolute atomic E-state index is 8.90. The van der Waals surface area contributed by atoms with Gasteiger partial charge in [-0.3, -0.25) is 0 Å². The fourth-order valence-electron chi connectivity index (χ4n) is 2.02. The molecule has 6 nitrogen and oxygen atoms in total. The summed E-state index contributed by atoms with van der Waals surface area (Å²) < 4.78 is 16.4. The highest BCUT2D eigenvalue weighted by atomic mass is 35.5. The molecule has 1 aromatic heterocycles. The molecule has 2 aromatic carbocycles. The molecule has 0 atom stereocenters. The summed E-state index contributed by atoms with van der Waals surface area (Å²) >= 11 is 5.85. The molecule has 24 heavy (non-hydrogen) atoms. The summed E-state index contributed by atoms with van der Waals surface area (Å²) in [4.78, 5) is 0. The lowest BCUT2D eigenvalue weighted by Crippen LogP contribution is -1.98. The van der Waals surface area contributed by atoms with Crippen molar-refractivity contribution in [2.24, 2.45) is 0 Å². The van der Waals surface area contributed by atoms with Gasteiger partial charge in [-0.15, -0.1) is 10.2 Å². The van der Waals surface area contributed by atoms with Crippen molar-refractivity contribution >= 4 is 11.6 Å². The Kier molecular flexibility index (Phi) is 4.64. The number of benzene rings is 2. The van der Waals surface area contributed by atoms with Gasteiger partial charge in [-0.2, -0.15) is 5.26 Å². The molecule has 0 unspecified atom stereocenters. The first-order chi connectivity index (χ1) is 11.7. The average molecular weight is 342 g/mol. The minimum atomic E-state index is 0.0862. The molecule has 0 aliphatic carbocycles. The zero-order chi connectivity index (χ0) is 16.9. The van der Waals surface area contributed by atoms with Gasteiger partial charge in [0, 0.05) is 16.7 Å². The number of hydrogen-bond donors (Lipinski definition) is 0. The summed E-state index contributed by atoms with van der Waals surface area (Å²) in [5, 5.41) is 17.5. The van der Waals surface area contributed by atoms with Gasteiger partial charge in [-0.25, -0.2) is 0 Å². The molecule has 0 bridgehead atoms. The molecule has 0 fully saturated rings. The maximum atomic E-state index is 8.90. The van der Waals surface area contributed by atoms with Crippen molar-refractivity contribution in [3.8, 4) is 29.0 Å². The summed E-state index contributed by atoms with van der Waals surface area (Å²) in [5.74, 6) is 1.66. The Balaban J connectivity index is 1.72. The third-order valence-electron chi connectivity index (χ3n) is 3.20. The number of aromatic nitrogens is 2. The summed E-state index contributed by atoms with van der Waals surface area (Å²) in [6.07, 6.45) is 0. The summed E-state index contributed by atoms with van der Waals surface area (Å²) in [6, 6.07) is 14.0. The van der Waals surface area contributed by atoms with Crippen molar-refractivity contribution < 1.29 is 13.9 Å². The van der Waals surface area contributed by atoms with Crippen molar-refractivity contribution in [2.45, 2.75) is 6.61 Å². The Morgan fingerprint density at radius 3 is 2.62 bits per heavy atom. The third kappa shape index (κ3) is 3.47. The van der Waals surface area contributed by atoms with E-state index in [1.54, 1.807) is 42.5 Å². The van der Waals surface area contributed by atoms with E-state index < -0.39 is 0 Å². The van der Waals surface area contributed by atoms with Crippen LogP contribution >= 0.6 is 11.6 Å². The Morgan fingerprint density at radius 2 is 1.92 bits per heavy atom. The van der Waals surface area contributed by atoms with Gasteiger partial charge in [0.1, 0.15) is 0 Å². The van der Waals surface area contributed by atoms with E-state index in [-0.39, 0.29) is 6.61 Å². The van der Waals surface area contributed by atoms with E-state index in [2.05, 4.69) is 10.2 Å². The second-order valence-electron chi connectivity index (χ2n) is 4.77. The highest BCUT2D eigenvalue weighted by Crippen LogP contribution is 2.29. The van der Waals surface area contributed by atoms with Crippen LogP contribution in [0.2, 0.25) is 5.02 Å². The average Bonchev–Trinajstić information content (AvgIpc) is 3.09. The van der Waals surface area contributed by atoms with E-state index in [4.69, 9.17) is 30.8 Å². The molecular weight excluding hydrogens is 330 g/mol. The van der Waals surface area contributed by atoms with Crippen LogP contribution in [0.25, 0.3) is 11.5 Å². The SMILES string of the molecule is COc1cc(C#N)ccc1OCc1nnc(-c2ccc(Cl)cc2)o1. The topological polar surface area (TPSA) is 81.2 Å². The summed E-state index contributed by atoms with van der Waals surface area (Å²) in [6.45, 7) is 0.0862. The molecule has 0 spiro atoms. The first-order valence-electron chi connectivity index (χ1n) is 6.99. The lowest BCUT2D eigenvalue weighted by atomic mass is 10.2. The van der Waals surface area contributed by atoms with Gasteiger partial charge >= 0.3 is 0 Å². The van der Waals surface area contributed by atoms with Crippen LogP contribution in [0.15, 0.2) is 46.9 Å². The molecule has 0 aliphatic rings. The number of ether oxygens (including phenoxy) is 2. The van der Waals surface area contributed by atoms with Crippen LogP contribution in [-0.4, -0.2) is 17.3 Å². The van der Waals surface area contributed by atoms with E-state index in [1.807, 2.05) is 6.07 Å². The summed E-state index contributed by atoms with van der Waals surface area (Å²) in [7, 11) is 1.51. The molecule has 0 radical (unpaired) electrons. The van der Waals surface area contributed by atoms with Crippen LogP contribution in [-0.2, 0) is 6.61 Å². The molecule has 1 heterocycles. The number of methoxy groups -OCH3 is 1. The molecule has 0 saturated carbocycles. The Hall–Kier alpha value is -3.04. The van der Waals surface area contributed by atoms with Crippen molar-refractivity contribution in [2.75, 3.05) is 7.11 Å². The fourth-order valence-corrected chi connectivity index (χ4v) is 2.14. The highest BCUT2D eigenvalue weighted by molar-refractivity contribution is 6.30. The molecule has 0 aliphatic heterocycles. The largest absolute Gasteiger partial charge is 0.493 e. The van der Waals surface area contributed by atoms with Crippen LogP contribution in [0.4, 0.5) is 0 Å². The molecule has 7 heteroatoms. The second kappa shape index (κ2) is 7.02. The maximum Gasteiger partial charge on any atom is 0.254 e. The molecular formula is C17H12ClN3O3. The standard InChI is InChI=1S/C17H12ClN3O3/c1-22-15-8-11(9-19)2-7-14(15)23-10-16-20-21-17(24-16)12-3-5-13(18)6-4-12/h2-8H,10H2,1H3. The molecule has 3 rings (SSSR count). The minimum absolute atomic E-state index is 0.0862. The van der Waals surface area contributed by atoms with E-state index in [0.717, 1.165) is 5.56 Å². The number of nitriles is 1. The Labute approximate surface area is 143 Å². The van der Waals surface area contributed by atoms with Crippen LogP contribution in [0.1, 0.15) is 11.5 Å². The summed E-state index contributed by atoms with van der Waals surface area (Å²) in [5.41, 5.74) is 1.26. The molecule has 3 aromatic rings. The number of halogens is 1. The normalized spacial score (nSPS) is 10.2. The van der Waals surface area contributed by atoms with Crippen LogP contribution in [0, 0.1) is 11.3 Å². The molecule has 120 valence electrons. The van der Waals surface area contributed by atoms with Crippen LogP contribution < -0.4 is 9.47 Å². The minimum Gasteiger partial charge on any atom is -0.493 e. The lowest BCUT2D eigenvalue weighted by molar-refractivity contribution is 0.251. The second-order valence-corrected chi connectivity index (χ2v) is 5.21. The van der Waals surface area contributed by atoms with Gasteiger partial charge in [0.25, 0.3) is 5.89 Å². The van der Waals surface area contributed by atoms with Crippen molar-refractivity contribution in [3.05, 3.63) is 58.9 Å². The predicted octanol–water partition coefficient (Wildman–Crippen LogP) is 3.85. The monoisotopic (exact) mass is 341 g/mol. The first kappa shape index (κ1) is 15.8. The Bertz CT molecular complexity index is 885. The van der Waals surface area contributed by atoms with E-state index in [0.29, 0.717) is 33.9 Å². The third-order valence-corrected chi connectivity index (χ3v) is 3.45. The van der Waals surface area contributed by atoms with Gasteiger partial charge in [0.2, 0.25) is 5.89 Å². The van der Waals surface area contributed by atoms with Crippen LogP contribution in [0.3, 0.4) is 0 Å². The van der Waals surface area contributed by atoms with E-state index >= 15 is 0 Å². The molecule has 0 amide bonds. The predicted molar refractivity (Wildman–Crippen MR) is 86.8 cm³/mol. The fraction of sp³-hybridized carbons (Fsp3) is 0.118. The Morgan fingerprint density at radius 1 is 1.12 bits per heavy atom. The van der Waals surface area contributed by atoms with Gasteiger partial charge in [0.05, 0.1) is 18.7 Å². The molecule has 0 saturated heterocycles. The van der Waals surface area contributed by atoms with E-state index in [9.17, 15) is 0 Å². The quantitative estimate of drug-likeness (QED) is 0.701. The van der Waals surface area contributed by atoms with Gasteiger partial charge in [-0.1, -0.05) is 11.6 Å². The number of hydrogen-bond acceptors (Lipinski definition) is 6. The van der Waals surface area contributed by atoms with Crippen molar-refractivity contribution in [1.82, 2.24) is 10.2 Å². The molecule has 0 N–H and O–H groups in total. The smallest absolute Gasteiger partial charge is 0.254 e. The van der Waals surface area contributed by atoms with Gasteiger partial charge in [0.15, 0.2) is 18.1 Å². The van der Waals surface area contributed by atoms with Crippen molar-refractivity contribution in [3.63, 3.8) is 0 Å². The lowest BCUT2D eigenvalue weighted by Gasteiger charge is -2.08. The van der Waals surface area contributed by atoms with Crippen molar-refractivity contribution in [1.29, 1.82) is 5.26 Å². The zero-order valence-corrected chi connectivity index (χ0v) is 13.4. The number of nitrogens with zero attached hydrogens (tertiary/aromatic N) is 3. The number of rotatable bonds is 5. The first-order valence-corrected chi connectivity index (χ1v) is 7.36. The van der Waals surface area contributed by atoms with Gasteiger partial charge in [-0.05, 0) is 36.4 Å². The van der Waals surface area contributed by atoms with Gasteiger partial charge < -0.3 is 13.9 Å². The highest BCUT2D eigenvalue weighted by Gasteiger charge is 2.11. The van der Waals surface area contributed by atoms with E-state index in [1.165, 1.54) is 7.11 Å². The van der Waals surface area contributed by atoms with Crippen LogP contribution in [0.5, 0.6) is 11.5 Å².